The quantitative estimate of drug-likeness (QED) is 0.438. The van der Waals surface area contributed by atoms with Crippen LogP contribution in [0.2, 0.25) is 5.02 Å². The van der Waals surface area contributed by atoms with E-state index in [0.717, 1.165) is 6.42 Å². The van der Waals surface area contributed by atoms with Gasteiger partial charge in [0.2, 0.25) is 11.8 Å². The van der Waals surface area contributed by atoms with Gasteiger partial charge in [-0.15, -0.1) is 11.8 Å². The molecule has 3 heterocycles. The third-order valence-electron chi connectivity index (χ3n) is 6.99. The number of nitrogens with zero attached hydrogens (tertiary/aromatic N) is 1. The van der Waals surface area contributed by atoms with Crippen LogP contribution < -0.4 is 5.32 Å². The molecule has 2 amide bonds. The van der Waals surface area contributed by atoms with Crippen molar-refractivity contribution in [2.45, 2.75) is 49.1 Å². The number of aliphatic hydroxyl groups is 1. The Hall–Kier alpha value is -1.77. The van der Waals surface area contributed by atoms with Gasteiger partial charge in [-0.05, 0) is 44.2 Å². The largest absolute Gasteiger partial charge is 0.466 e. The van der Waals surface area contributed by atoms with E-state index in [4.69, 9.17) is 16.3 Å². The van der Waals surface area contributed by atoms with Gasteiger partial charge >= 0.3 is 5.97 Å². The van der Waals surface area contributed by atoms with E-state index in [1.807, 2.05) is 0 Å². The van der Waals surface area contributed by atoms with E-state index in [1.54, 1.807) is 47.9 Å². The van der Waals surface area contributed by atoms with Gasteiger partial charge in [-0.2, -0.15) is 0 Å². The molecule has 2 bridgehead atoms. The molecule has 4 rings (SSSR count). The van der Waals surface area contributed by atoms with E-state index in [2.05, 4.69) is 12.2 Å². The lowest BCUT2D eigenvalue weighted by molar-refractivity contribution is -0.154. The first kappa shape index (κ1) is 23.4. The molecule has 0 radical (unpaired) electrons. The number of fused-ring (bicyclic) bond motifs is 1. The van der Waals surface area contributed by atoms with E-state index in [-0.39, 0.29) is 42.2 Å². The SMILES string of the molecule is CCOC(=O)[C@@H]1[C@@H]2CC(C)C3(S2)C(C(=O)Nc2ccccc2Cl)N(CCCCO)C(=O)[C@H]13. The normalized spacial score (nSPS) is 32.8. The number of amides is 2. The summed E-state index contributed by atoms with van der Waals surface area (Å²) in [6.07, 6.45) is 1.87. The first-order valence-corrected chi connectivity index (χ1v) is 12.4. The second kappa shape index (κ2) is 9.23. The summed E-state index contributed by atoms with van der Waals surface area (Å²) in [5, 5.41) is 12.5. The molecule has 1 aromatic carbocycles. The van der Waals surface area contributed by atoms with Gasteiger partial charge in [-0.3, -0.25) is 14.4 Å². The predicted octanol–water partition coefficient (Wildman–Crippen LogP) is 2.95. The second-order valence-corrected chi connectivity index (χ2v) is 10.7. The summed E-state index contributed by atoms with van der Waals surface area (Å²) in [7, 11) is 0. The number of anilines is 1. The second-order valence-electron chi connectivity index (χ2n) is 8.74. The first-order valence-electron chi connectivity index (χ1n) is 11.2. The molecule has 3 unspecified atom stereocenters. The van der Waals surface area contributed by atoms with Crippen molar-refractivity contribution in [2.75, 3.05) is 25.1 Å². The van der Waals surface area contributed by atoms with Crippen LogP contribution in [0.5, 0.6) is 0 Å². The minimum atomic E-state index is -0.723. The number of carbonyl (C=O) groups excluding carboxylic acids is 3. The number of likely N-dealkylation sites (tertiary alicyclic amines) is 1. The molecule has 9 heteroatoms. The maximum Gasteiger partial charge on any atom is 0.310 e. The van der Waals surface area contributed by atoms with Gasteiger partial charge < -0.3 is 20.1 Å². The molecule has 3 aliphatic rings. The highest BCUT2D eigenvalue weighted by Gasteiger charge is 2.76. The summed E-state index contributed by atoms with van der Waals surface area (Å²) < 4.78 is 4.64. The van der Waals surface area contributed by atoms with Crippen molar-refractivity contribution in [3.8, 4) is 0 Å². The van der Waals surface area contributed by atoms with Crippen LogP contribution in [0.1, 0.15) is 33.1 Å². The molecule has 32 heavy (non-hydrogen) atoms. The third kappa shape index (κ3) is 3.60. The number of halogens is 1. The fourth-order valence-corrected chi connectivity index (χ4v) is 8.32. The fraction of sp³-hybridized carbons (Fsp3) is 0.609. The van der Waals surface area contributed by atoms with Crippen LogP contribution in [0, 0.1) is 17.8 Å². The summed E-state index contributed by atoms with van der Waals surface area (Å²) in [4.78, 5) is 41.9. The number of carbonyl (C=O) groups is 3. The van der Waals surface area contributed by atoms with E-state index >= 15 is 0 Å². The molecule has 0 aromatic heterocycles. The molecule has 1 spiro atoms. The average molecular weight is 481 g/mol. The fourth-order valence-electron chi connectivity index (χ4n) is 5.72. The number of rotatable bonds is 8. The number of nitrogens with one attached hydrogen (secondary N) is 1. The van der Waals surface area contributed by atoms with Gasteiger partial charge in [-0.25, -0.2) is 0 Å². The maximum atomic E-state index is 13.7. The van der Waals surface area contributed by atoms with E-state index in [0.29, 0.717) is 30.1 Å². The van der Waals surface area contributed by atoms with Crippen LogP contribution in [-0.2, 0) is 19.1 Å². The topological polar surface area (TPSA) is 95.9 Å². The summed E-state index contributed by atoms with van der Waals surface area (Å²) in [5.41, 5.74) is 0.494. The van der Waals surface area contributed by atoms with Crippen molar-refractivity contribution in [3.63, 3.8) is 0 Å². The van der Waals surface area contributed by atoms with Gasteiger partial charge in [0, 0.05) is 18.4 Å². The van der Waals surface area contributed by atoms with Gasteiger partial charge in [0.1, 0.15) is 6.04 Å². The van der Waals surface area contributed by atoms with Gasteiger partial charge in [0.25, 0.3) is 0 Å². The third-order valence-corrected chi connectivity index (χ3v) is 9.40. The molecule has 3 fully saturated rings. The monoisotopic (exact) mass is 480 g/mol. The van der Waals surface area contributed by atoms with Crippen LogP contribution >= 0.6 is 23.4 Å². The lowest BCUT2D eigenvalue weighted by Crippen LogP contribution is -2.54. The highest BCUT2D eigenvalue weighted by atomic mass is 35.5. The van der Waals surface area contributed by atoms with Gasteiger partial charge in [0.05, 0.1) is 33.9 Å². The van der Waals surface area contributed by atoms with Crippen molar-refractivity contribution in [3.05, 3.63) is 29.3 Å². The summed E-state index contributed by atoms with van der Waals surface area (Å²) in [5.74, 6) is -1.84. The number of benzene rings is 1. The van der Waals surface area contributed by atoms with Crippen molar-refractivity contribution >= 4 is 46.8 Å². The predicted molar refractivity (Wildman–Crippen MR) is 123 cm³/mol. The molecule has 7 nitrogen and oxygen atoms in total. The maximum absolute atomic E-state index is 13.7. The number of hydrogen-bond donors (Lipinski definition) is 2. The molecular weight excluding hydrogens is 452 g/mol. The zero-order valence-electron chi connectivity index (χ0n) is 18.3. The van der Waals surface area contributed by atoms with Crippen LogP contribution in [-0.4, -0.2) is 63.6 Å². The zero-order chi connectivity index (χ0) is 23.0. The number of aliphatic hydroxyl groups excluding tert-OH is 1. The minimum Gasteiger partial charge on any atom is -0.466 e. The summed E-state index contributed by atoms with van der Waals surface area (Å²) in [6.45, 7) is 4.46. The highest BCUT2D eigenvalue weighted by Crippen LogP contribution is 2.68. The Morgan fingerprint density at radius 1 is 1.34 bits per heavy atom. The van der Waals surface area contributed by atoms with Gasteiger partial charge in [-0.1, -0.05) is 30.7 Å². The lowest BCUT2D eigenvalue weighted by Gasteiger charge is -2.38. The van der Waals surface area contributed by atoms with E-state index in [9.17, 15) is 19.5 Å². The average Bonchev–Trinajstić information content (AvgIpc) is 3.34. The molecule has 6 atom stereocenters. The van der Waals surface area contributed by atoms with Crippen molar-refractivity contribution in [2.24, 2.45) is 17.8 Å². The smallest absolute Gasteiger partial charge is 0.310 e. The molecule has 174 valence electrons. The molecule has 0 saturated carbocycles. The Labute approximate surface area is 197 Å². The standard InChI is InChI=1S/C23H29ClN2O5S/c1-3-31-22(30)17-16-12-13(2)23(32-16)18(17)21(29)26(10-6-7-11-27)19(23)20(28)25-15-9-5-4-8-14(15)24/h4-5,8-9,13,16-19,27H,3,6-7,10-12H2,1-2H3,(H,25,28)/t13?,16-,17+,18-,19?,23?/m0/s1. The molecule has 1 aromatic rings. The Morgan fingerprint density at radius 2 is 2.09 bits per heavy atom. The van der Waals surface area contributed by atoms with E-state index < -0.39 is 22.6 Å². The number of unbranched alkanes of at least 4 members (excludes halogenated alkanes) is 1. The van der Waals surface area contributed by atoms with Crippen LogP contribution in [0.15, 0.2) is 24.3 Å². The zero-order valence-corrected chi connectivity index (χ0v) is 19.8. The van der Waals surface area contributed by atoms with Crippen molar-refractivity contribution in [1.82, 2.24) is 4.90 Å². The molecule has 3 saturated heterocycles. The number of hydrogen-bond acceptors (Lipinski definition) is 6. The number of esters is 1. The number of thioether (sulfide) groups is 1. The van der Waals surface area contributed by atoms with Crippen LogP contribution in [0.25, 0.3) is 0 Å². The molecular formula is C23H29ClN2O5S. The van der Waals surface area contributed by atoms with Crippen LogP contribution in [0.3, 0.4) is 0 Å². The lowest BCUT2D eigenvalue weighted by atomic mass is 9.66. The minimum absolute atomic E-state index is 0.0196. The summed E-state index contributed by atoms with van der Waals surface area (Å²) in [6, 6.07) is 6.28. The Bertz CT molecular complexity index is 914. The molecule has 2 N–H and O–H groups in total. The molecule has 0 aliphatic carbocycles. The Kier molecular flexibility index (Phi) is 6.75. The van der Waals surface area contributed by atoms with Crippen molar-refractivity contribution < 1.29 is 24.2 Å². The molecule has 3 aliphatic heterocycles. The van der Waals surface area contributed by atoms with E-state index in [1.165, 1.54) is 0 Å². The summed E-state index contributed by atoms with van der Waals surface area (Å²) >= 11 is 7.88. The number of para-hydroxylation sites is 1. The van der Waals surface area contributed by atoms with Crippen molar-refractivity contribution in [1.29, 1.82) is 0 Å². The highest BCUT2D eigenvalue weighted by molar-refractivity contribution is 8.02. The van der Waals surface area contributed by atoms with Crippen LogP contribution in [0.4, 0.5) is 5.69 Å². The first-order chi connectivity index (χ1) is 15.4. The Morgan fingerprint density at radius 3 is 2.78 bits per heavy atom. The van der Waals surface area contributed by atoms with Gasteiger partial charge in [0.15, 0.2) is 0 Å². The Balaban J connectivity index is 1.71. The number of ether oxygens (including phenoxy) is 1.